The lowest BCUT2D eigenvalue weighted by molar-refractivity contribution is -0.118. The summed E-state index contributed by atoms with van der Waals surface area (Å²) in [7, 11) is 0. The summed E-state index contributed by atoms with van der Waals surface area (Å²) in [6.07, 6.45) is 2.45. The number of nitrogens with zero attached hydrogens (tertiary/aromatic N) is 3. The summed E-state index contributed by atoms with van der Waals surface area (Å²) in [5.41, 5.74) is 0.514. The quantitative estimate of drug-likeness (QED) is 0.225. The molecular weight excluding hydrogens is 372 g/mol. The monoisotopic (exact) mass is 396 g/mol. The van der Waals surface area contributed by atoms with Crippen molar-refractivity contribution in [2.75, 3.05) is 6.54 Å². The second kappa shape index (κ2) is 8.70. The Balaban J connectivity index is 2.21. The van der Waals surface area contributed by atoms with Crippen molar-refractivity contribution in [3.8, 4) is 5.75 Å². The minimum Gasteiger partial charge on any atom is -0.507 e. The Labute approximate surface area is 163 Å². The van der Waals surface area contributed by atoms with Gasteiger partial charge in [-0.15, -0.1) is 0 Å². The number of hydrogen-bond donors (Lipinski definition) is 3. The van der Waals surface area contributed by atoms with Crippen LogP contribution in [0.3, 0.4) is 0 Å². The van der Waals surface area contributed by atoms with Gasteiger partial charge in [-0.3, -0.25) is 5.21 Å². The third-order valence-corrected chi connectivity index (χ3v) is 5.43. The SMILES string of the molecule is CCCCNC(=O)N(O)[C@@H]1N(/N=C\c2ccccc2O)C(=S)SC1(C)C. The van der Waals surface area contributed by atoms with Crippen LogP contribution in [0.1, 0.15) is 39.2 Å². The molecule has 0 bridgehead atoms. The first kappa shape index (κ1) is 20.5. The number of hydroxylamine groups is 2. The predicted molar refractivity (Wildman–Crippen MR) is 108 cm³/mol. The zero-order valence-electron chi connectivity index (χ0n) is 15.0. The lowest BCUT2D eigenvalue weighted by Gasteiger charge is -2.34. The van der Waals surface area contributed by atoms with Crippen molar-refractivity contribution < 1.29 is 15.1 Å². The number of rotatable bonds is 6. The van der Waals surface area contributed by atoms with E-state index in [1.54, 1.807) is 24.3 Å². The van der Waals surface area contributed by atoms with Gasteiger partial charge in [0.15, 0.2) is 10.5 Å². The molecule has 2 rings (SSSR count). The van der Waals surface area contributed by atoms with Gasteiger partial charge in [0.25, 0.3) is 0 Å². The predicted octanol–water partition coefficient (Wildman–Crippen LogP) is 3.37. The molecule has 0 saturated carbocycles. The van der Waals surface area contributed by atoms with E-state index in [0.717, 1.165) is 12.8 Å². The number of hydrogen-bond acceptors (Lipinski definition) is 6. The largest absolute Gasteiger partial charge is 0.507 e. The van der Waals surface area contributed by atoms with Crippen molar-refractivity contribution in [1.82, 2.24) is 15.4 Å². The average Bonchev–Trinajstić information content (AvgIpc) is 2.81. The van der Waals surface area contributed by atoms with E-state index < -0.39 is 16.9 Å². The number of thioether (sulfide) groups is 1. The molecule has 1 fully saturated rings. The van der Waals surface area contributed by atoms with E-state index in [9.17, 15) is 15.1 Å². The highest BCUT2D eigenvalue weighted by atomic mass is 32.2. The normalized spacial score (nSPS) is 19.2. The van der Waals surface area contributed by atoms with Gasteiger partial charge in [-0.05, 0) is 32.4 Å². The van der Waals surface area contributed by atoms with Crippen LogP contribution in [0.2, 0.25) is 0 Å². The molecule has 142 valence electrons. The lowest BCUT2D eigenvalue weighted by atomic mass is 10.1. The van der Waals surface area contributed by atoms with Gasteiger partial charge >= 0.3 is 6.03 Å². The van der Waals surface area contributed by atoms with Crippen LogP contribution in [0.15, 0.2) is 29.4 Å². The summed E-state index contributed by atoms with van der Waals surface area (Å²) in [5, 5.41) is 29.4. The van der Waals surface area contributed by atoms with Gasteiger partial charge < -0.3 is 10.4 Å². The molecule has 0 radical (unpaired) electrons. The zero-order valence-corrected chi connectivity index (χ0v) is 16.7. The van der Waals surface area contributed by atoms with E-state index in [-0.39, 0.29) is 5.75 Å². The molecule has 0 aliphatic carbocycles. The summed E-state index contributed by atoms with van der Waals surface area (Å²) in [6, 6.07) is 6.16. The molecule has 26 heavy (non-hydrogen) atoms. The first-order chi connectivity index (χ1) is 12.3. The fourth-order valence-corrected chi connectivity index (χ4v) is 4.30. The van der Waals surface area contributed by atoms with Crippen LogP contribution >= 0.6 is 24.0 Å². The van der Waals surface area contributed by atoms with Crippen molar-refractivity contribution in [2.45, 2.75) is 44.5 Å². The number of hydrazone groups is 1. The minimum absolute atomic E-state index is 0.0861. The molecule has 0 unspecified atom stereocenters. The Morgan fingerprint density at radius 2 is 2.19 bits per heavy atom. The Morgan fingerprint density at radius 3 is 2.85 bits per heavy atom. The molecule has 0 spiro atoms. The number of urea groups is 1. The van der Waals surface area contributed by atoms with E-state index in [1.165, 1.54) is 23.0 Å². The lowest BCUT2D eigenvalue weighted by Crippen LogP contribution is -2.55. The van der Waals surface area contributed by atoms with Crippen LogP contribution in [0.25, 0.3) is 0 Å². The van der Waals surface area contributed by atoms with Crippen LogP contribution in [0.5, 0.6) is 5.75 Å². The Kier molecular flexibility index (Phi) is 6.85. The Bertz CT molecular complexity index is 696. The van der Waals surface area contributed by atoms with E-state index >= 15 is 0 Å². The van der Waals surface area contributed by atoms with Gasteiger partial charge in [-0.2, -0.15) is 10.2 Å². The van der Waals surface area contributed by atoms with Gasteiger partial charge in [-0.25, -0.2) is 9.80 Å². The molecule has 1 atom stereocenters. The summed E-state index contributed by atoms with van der Waals surface area (Å²) >= 11 is 6.72. The number of benzene rings is 1. The number of para-hydroxylation sites is 1. The molecule has 3 N–H and O–H groups in total. The van der Waals surface area contributed by atoms with Gasteiger partial charge in [-0.1, -0.05) is 49.5 Å². The highest BCUT2D eigenvalue weighted by molar-refractivity contribution is 8.24. The number of thiocarbonyl (C=S) groups is 1. The second-order valence-electron chi connectivity index (χ2n) is 6.42. The van der Waals surface area contributed by atoms with Gasteiger partial charge in [0, 0.05) is 12.1 Å². The summed E-state index contributed by atoms with van der Waals surface area (Å²) in [5.74, 6) is 0.0861. The molecule has 1 aliphatic heterocycles. The van der Waals surface area contributed by atoms with E-state index in [1.807, 2.05) is 20.8 Å². The molecule has 2 amide bonds. The molecule has 9 heteroatoms. The number of phenols is 1. The number of aromatic hydroxyl groups is 1. The fraction of sp³-hybridized carbons (Fsp3) is 0.471. The minimum atomic E-state index is -0.774. The van der Waals surface area contributed by atoms with Crippen LogP contribution in [-0.2, 0) is 0 Å². The zero-order chi connectivity index (χ0) is 19.3. The van der Waals surface area contributed by atoms with Crippen LogP contribution < -0.4 is 5.32 Å². The topological polar surface area (TPSA) is 88.4 Å². The molecule has 1 saturated heterocycles. The van der Waals surface area contributed by atoms with Crippen molar-refractivity contribution in [3.63, 3.8) is 0 Å². The molecule has 0 aromatic heterocycles. The summed E-state index contributed by atoms with van der Waals surface area (Å²) < 4.78 is -0.128. The van der Waals surface area contributed by atoms with E-state index in [0.29, 0.717) is 21.5 Å². The van der Waals surface area contributed by atoms with E-state index in [4.69, 9.17) is 12.2 Å². The third-order valence-electron chi connectivity index (χ3n) is 3.90. The first-order valence-corrected chi connectivity index (χ1v) is 9.60. The maximum Gasteiger partial charge on any atom is 0.343 e. The summed E-state index contributed by atoms with van der Waals surface area (Å²) in [6.45, 7) is 6.27. The summed E-state index contributed by atoms with van der Waals surface area (Å²) in [4.78, 5) is 12.3. The molecule has 1 aromatic carbocycles. The molecular formula is C17H24N4O3S2. The van der Waals surface area contributed by atoms with Crippen LogP contribution in [0, 0.1) is 0 Å². The average molecular weight is 397 g/mol. The maximum atomic E-state index is 12.3. The highest BCUT2D eigenvalue weighted by Crippen LogP contribution is 2.42. The second-order valence-corrected chi connectivity index (χ2v) is 8.71. The number of amides is 2. The van der Waals surface area contributed by atoms with Gasteiger partial charge in [0.2, 0.25) is 0 Å². The molecule has 1 aromatic rings. The number of phenolic OH excluding ortho intramolecular Hbond substituents is 1. The number of nitrogens with one attached hydrogen (secondary N) is 1. The van der Waals surface area contributed by atoms with Crippen molar-refractivity contribution in [3.05, 3.63) is 29.8 Å². The van der Waals surface area contributed by atoms with Crippen LogP contribution in [0.4, 0.5) is 4.79 Å². The number of carbonyl (C=O) groups excluding carboxylic acids is 1. The first-order valence-electron chi connectivity index (χ1n) is 8.38. The maximum absolute atomic E-state index is 12.3. The molecule has 7 nitrogen and oxygen atoms in total. The standard InChI is InChI=1S/C17H24N4O3S2/c1-4-5-10-18-15(23)21(24)14-17(2,3)26-16(25)20(14)19-11-12-8-6-7-9-13(12)22/h6-9,11,14,22,24H,4-5,10H2,1-3H3,(H,18,23)/b19-11-/t14-/m0/s1. The van der Waals surface area contributed by atoms with Gasteiger partial charge in [0.1, 0.15) is 5.75 Å². The van der Waals surface area contributed by atoms with Gasteiger partial charge in [0.05, 0.1) is 11.0 Å². The van der Waals surface area contributed by atoms with Crippen molar-refractivity contribution in [2.24, 2.45) is 5.10 Å². The Hall–Kier alpha value is -1.84. The smallest absolute Gasteiger partial charge is 0.343 e. The molecule has 1 aliphatic rings. The molecule has 1 heterocycles. The van der Waals surface area contributed by atoms with Crippen LogP contribution in [-0.4, -0.2) is 54.4 Å². The highest BCUT2D eigenvalue weighted by Gasteiger charge is 2.49. The van der Waals surface area contributed by atoms with Crippen molar-refractivity contribution in [1.29, 1.82) is 0 Å². The number of unbranched alkanes of at least 4 members (excludes halogenated alkanes) is 1. The third kappa shape index (κ3) is 4.66. The fourth-order valence-electron chi connectivity index (χ4n) is 2.51. The number of carbonyl (C=O) groups is 1. The Morgan fingerprint density at radius 1 is 1.50 bits per heavy atom. The van der Waals surface area contributed by atoms with Crippen molar-refractivity contribution >= 4 is 40.5 Å². The van der Waals surface area contributed by atoms with E-state index in [2.05, 4.69) is 10.4 Å².